The number of benzene rings is 1. The van der Waals surface area contributed by atoms with Crippen LogP contribution in [0, 0.1) is 0 Å². The molecule has 21 heavy (non-hydrogen) atoms. The lowest BCUT2D eigenvalue weighted by molar-refractivity contribution is 0.569. The average molecular weight is 307 g/mol. The van der Waals surface area contributed by atoms with E-state index in [4.69, 9.17) is 5.73 Å². The van der Waals surface area contributed by atoms with Gasteiger partial charge >= 0.3 is 0 Å². The van der Waals surface area contributed by atoms with Gasteiger partial charge in [-0.3, -0.25) is 0 Å². The van der Waals surface area contributed by atoms with Crippen LogP contribution in [0.5, 0.6) is 0 Å². The van der Waals surface area contributed by atoms with Gasteiger partial charge in [-0.15, -0.1) is 0 Å². The fraction of sp³-hybridized carbons (Fsp3) is 0.333. The first-order valence-corrected chi connectivity index (χ1v) is 8.37. The molecule has 0 radical (unpaired) electrons. The van der Waals surface area contributed by atoms with Crippen LogP contribution >= 0.6 is 0 Å². The monoisotopic (exact) mass is 307 g/mol. The predicted molar refractivity (Wildman–Crippen MR) is 83.2 cm³/mol. The van der Waals surface area contributed by atoms with E-state index < -0.39 is 10.0 Å². The van der Waals surface area contributed by atoms with Gasteiger partial charge in [-0.1, -0.05) is 30.3 Å². The highest BCUT2D eigenvalue weighted by molar-refractivity contribution is 7.89. The second-order valence-electron chi connectivity index (χ2n) is 5.18. The molecule has 0 unspecified atom stereocenters. The summed E-state index contributed by atoms with van der Waals surface area (Å²) in [4.78, 5) is 0.257. The molecule has 6 heteroatoms. The van der Waals surface area contributed by atoms with Gasteiger partial charge in [0.15, 0.2) is 0 Å². The Morgan fingerprint density at radius 1 is 1.24 bits per heavy atom. The molecular formula is C15H21N3O2S. The zero-order valence-corrected chi connectivity index (χ0v) is 13.1. The molecule has 0 spiro atoms. The Hall–Kier alpha value is -1.63. The van der Waals surface area contributed by atoms with Gasteiger partial charge in [0, 0.05) is 31.0 Å². The zero-order chi connectivity index (χ0) is 15.5. The highest BCUT2D eigenvalue weighted by Gasteiger charge is 2.18. The van der Waals surface area contributed by atoms with E-state index in [0.717, 1.165) is 11.3 Å². The van der Waals surface area contributed by atoms with Gasteiger partial charge in [0.05, 0.1) is 4.90 Å². The lowest BCUT2D eigenvalue weighted by atomic mass is 10.2. The minimum atomic E-state index is -3.53. The fourth-order valence-electron chi connectivity index (χ4n) is 2.15. The van der Waals surface area contributed by atoms with Crippen LogP contribution in [0.15, 0.2) is 47.5 Å². The Bertz CT molecular complexity index is 691. The maximum atomic E-state index is 12.3. The van der Waals surface area contributed by atoms with Crippen LogP contribution in [0.1, 0.15) is 31.1 Å². The third kappa shape index (κ3) is 3.72. The maximum Gasteiger partial charge on any atom is 0.242 e. The van der Waals surface area contributed by atoms with Gasteiger partial charge in [-0.05, 0) is 25.5 Å². The summed E-state index contributed by atoms with van der Waals surface area (Å²) >= 11 is 0. The van der Waals surface area contributed by atoms with Gasteiger partial charge in [0.25, 0.3) is 0 Å². The van der Waals surface area contributed by atoms with Crippen molar-refractivity contribution in [1.82, 2.24) is 9.29 Å². The Morgan fingerprint density at radius 3 is 2.43 bits per heavy atom. The summed E-state index contributed by atoms with van der Waals surface area (Å²) in [5.41, 5.74) is 7.40. The number of sulfonamides is 1. The molecule has 0 amide bonds. The van der Waals surface area contributed by atoms with Crippen LogP contribution < -0.4 is 10.5 Å². The van der Waals surface area contributed by atoms with Gasteiger partial charge in [0.1, 0.15) is 0 Å². The van der Waals surface area contributed by atoms with Crippen LogP contribution in [-0.2, 0) is 23.1 Å². The molecule has 0 fully saturated rings. The number of nitrogens with zero attached hydrogens (tertiary/aromatic N) is 1. The van der Waals surface area contributed by atoms with E-state index in [1.54, 1.807) is 12.3 Å². The lowest BCUT2D eigenvalue weighted by Crippen LogP contribution is -2.22. The first kappa shape index (κ1) is 15.8. The molecule has 0 aliphatic rings. The maximum absolute atomic E-state index is 12.3. The highest BCUT2D eigenvalue weighted by atomic mass is 32.2. The Kier molecular flexibility index (Phi) is 4.82. The Labute approximate surface area is 125 Å². The molecule has 114 valence electrons. The van der Waals surface area contributed by atoms with Crippen molar-refractivity contribution in [3.05, 3.63) is 53.9 Å². The highest BCUT2D eigenvalue weighted by Crippen LogP contribution is 2.18. The normalized spacial score (nSPS) is 12.0. The number of nitrogens with two attached hydrogens (primary N) is 1. The van der Waals surface area contributed by atoms with Crippen molar-refractivity contribution in [2.24, 2.45) is 5.73 Å². The van der Waals surface area contributed by atoms with Gasteiger partial charge in [-0.2, -0.15) is 0 Å². The molecule has 2 rings (SSSR count). The summed E-state index contributed by atoms with van der Waals surface area (Å²) in [6.45, 7) is 4.57. The molecule has 1 aromatic carbocycles. The topological polar surface area (TPSA) is 77.1 Å². The van der Waals surface area contributed by atoms with Gasteiger partial charge in [-0.25, -0.2) is 13.1 Å². The smallest absolute Gasteiger partial charge is 0.242 e. The van der Waals surface area contributed by atoms with E-state index in [2.05, 4.69) is 4.72 Å². The standard InChI is InChI=1S/C15H21N3O2S/c1-12(2)18-11-15(8-14(18)9-16)21(19,20)17-10-13-6-4-3-5-7-13/h3-8,11-12,17H,9-10,16H2,1-2H3. The van der Waals surface area contributed by atoms with Crippen LogP contribution in [0.2, 0.25) is 0 Å². The van der Waals surface area contributed by atoms with Gasteiger partial charge in [0.2, 0.25) is 10.0 Å². The van der Waals surface area contributed by atoms with Crippen LogP contribution in [0.3, 0.4) is 0 Å². The first-order valence-electron chi connectivity index (χ1n) is 6.88. The quantitative estimate of drug-likeness (QED) is 0.857. The molecular weight excluding hydrogens is 286 g/mol. The second kappa shape index (κ2) is 6.43. The summed E-state index contributed by atoms with van der Waals surface area (Å²) in [5.74, 6) is 0. The lowest BCUT2D eigenvalue weighted by Gasteiger charge is -2.10. The number of hydrogen-bond acceptors (Lipinski definition) is 3. The largest absolute Gasteiger partial charge is 0.346 e. The molecule has 0 atom stereocenters. The van der Waals surface area contributed by atoms with E-state index in [-0.39, 0.29) is 17.5 Å². The van der Waals surface area contributed by atoms with Crippen LogP contribution in [0.4, 0.5) is 0 Å². The summed E-state index contributed by atoms with van der Waals surface area (Å²) in [7, 11) is -3.53. The summed E-state index contributed by atoms with van der Waals surface area (Å²) in [6, 6.07) is 11.2. The van der Waals surface area contributed by atoms with E-state index in [1.807, 2.05) is 48.7 Å². The molecule has 0 saturated carbocycles. The molecule has 2 aromatic rings. The van der Waals surface area contributed by atoms with Crippen LogP contribution in [-0.4, -0.2) is 13.0 Å². The van der Waals surface area contributed by atoms with E-state index in [1.165, 1.54) is 0 Å². The average Bonchev–Trinajstić information content (AvgIpc) is 2.92. The van der Waals surface area contributed by atoms with Crippen molar-refractivity contribution in [2.75, 3.05) is 0 Å². The molecule has 0 aliphatic heterocycles. The van der Waals surface area contributed by atoms with Gasteiger partial charge < -0.3 is 10.3 Å². The van der Waals surface area contributed by atoms with Crippen molar-refractivity contribution in [3.63, 3.8) is 0 Å². The minimum absolute atomic E-state index is 0.168. The van der Waals surface area contributed by atoms with Crippen molar-refractivity contribution < 1.29 is 8.42 Å². The van der Waals surface area contributed by atoms with Crippen molar-refractivity contribution in [2.45, 2.75) is 37.9 Å². The second-order valence-corrected chi connectivity index (χ2v) is 6.95. The minimum Gasteiger partial charge on any atom is -0.346 e. The van der Waals surface area contributed by atoms with E-state index in [0.29, 0.717) is 6.54 Å². The van der Waals surface area contributed by atoms with Crippen molar-refractivity contribution in [3.8, 4) is 0 Å². The fourth-order valence-corrected chi connectivity index (χ4v) is 3.21. The van der Waals surface area contributed by atoms with Crippen LogP contribution in [0.25, 0.3) is 0 Å². The Morgan fingerprint density at radius 2 is 1.90 bits per heavy atom. The van der Waals surface area contributed by atoms with Crippen molar-refractivity contribution in [1.29, 1.82) is 0 Å². The third-order valence-electron chi connectivity index (χ3n) is 3.29. The SMILES string of the molecule is CC(C)n1cc(S(=O)(=O)NCc2ccccc2)cc1CN. The molecule has 3 N–H and O–H groups in total. The van der Waals surface area contributed by atoms with Crippen molar-refractivity contribution >= 4 is 10.0 Å². The molecule has 0 saturated heterocycles. The number of rotatable bonds is 6. The predicted octanol–water partition coefficient (Wildman–Crippen LogP) is 2.01. The molecule has 0 aliphatic carbocycles. The van der Waals surface area contributed by atoms with E-state index >= 15 is 0 Å². The first-order chi connectivity index (χ1) is 9.94. The zero-order valence-electron chi connectivity index (χ0n) is 12.3. The molecule has 5 nitrogen and oxygen atoms in total. The summed E-state index contributed by atoms with van der Waals surface area (Å²) < 4.78 is 29.2. The third-order valence-corrected chi connectivity index (χ3v) is 4.66. The Balaban J connectivity index is 2.20. The molecule has 0 bridgehead atoms. The number of aromatic nitrogens is 1. The molecule has 1 aromatic heterocycles. The molecule has 1 heterocycles. The van der Waals surface area contributed by atoms with E-state index in [9.17, 15) is 8.42 Å². The number of nitrogens with one attached hydrogen (secondary N) is 1. The summed E-state index contributed by atoms with van der Waals surface area (Å²) in [5, 5.41) is 0. The number of hydrogen-bond donors (Lipinski definition) is 2. The summed E-state index contributed by atoms with van der Waals surface area (Å²) in [6.07, 6.45) is 1.64.